The molecule has 0 saturated carbocycles. The Hall–Kier alpha value is -1.12. The minimum absolute atomic E-state index is 0.763. The number of carbonyl (C=O) groups is 1. The third-order valence-corrected chi connectivity index (χ3v) is 0.888. The van der Waals surface area contributed by atoms with E-state index in [0.29, 0.717) is 0 Å². The Labute approximate surface area is 79.6 Å². The highest BCUT2D eigenvalue weighted by Gasteiger charge is 2.38. The zero-order valence-corrected chi connectivity index (χ0v) is 7.52. The van der Waals surface area contributed by atoms with Gasteiger partial charge in [-0.2, -0.15) is 21.6 Å². The second kappa shape index (κ2) is 5.58. The van der Waals surface area contributed by atoms with E-state index in [1.54, 1.807) is 0 Å². The summed E-state index contributed by atoms with van der Waals surface area (Å²) in [5.41, 5.74) is 0. The lowest BCUT2D eigenvalue weighted by atomic mass is 10.7. The van der Waals surface area contributed by atoms with Crippen LogP contribution in [0.2, 0.25) is 0 Å². The third-order valence-electron chi connectivity index (χ3n) is 0.389. The first-order valence-electron chi connectivity index (χ1n) is 2.34. The summed E-state index contributed by atoms with van der Waals surface area (Å²) < 4.78 is 53.1. The van der Waals surface area contributed by atoms with Crippen molar-refractivity contribution in [1.82, 2.24) is 0 Å². The molecule has 1 N–H and O–H groups in total. The van der Waals surface area contributed by atoms with E-state index in [0.717, 1.165) is 6.08 Å². The Kier molecular flexibility index (Phi) is 6.12. The molecule has 14 heavy (non-hydrogen) atoms. The van der Waals surface area contributed by atoms with Crippen molar-refractivity contribution < 1.29 is 36.3 Å². The summed E-state index contributed by atoms with van der Waals surface area (Å²) in [5, 5.41) is 7.12. The fraction of sp³-hybridized carbons (Fsp3) is 0.333. The fourth-order valence-electron chi connectivity index (χ4n) is 0.0445. The quantitative estimate of drug-likeness (QED) is 0.416. The van der Waals surface area contributed by atoms with E-state index < -0.39 is 21.4 Å². The predicted molar refractivity (Wildman–Crippen MR) is 36.6 cm³/mol. The first-order chi connectivity index (χ1) is 6.00. The van der Waals surface area contributed by atoms with Crippen LogP contribution in [0.5, 0.6) is 0 Å². The van der Waals surface area contributed by atoms with Crippen LogP contribution in [0.1, 0.15) is 0 Å². The van der Waals surface area contributed by atoms with Crippen LogP contribution in [-0.4, -0.2) is 31.7 Å². The molecule has 0 aromatic carbocycles. The molecule has 0 fully saturated rings. The van der Waals surface area contributed by atoms with E-state index in [-0.39, 0.29) is 0 Å². The molecule has 0 atom stereocenters. The molecular weight excluding hydrogens is 255 g/mol. The number of rotatable bonds is 1. The summed E-state index contributed by atoms with van der Waals surface area (Å²) in [7, 11) is 0.376. The van der Waals surface area contributed by atoms with Gasteiger partial charge in [0.05, 0.1) is 0 Å². The van der Waals surface area contributed by atoms with Crippen molar-refractivity contribution in [2.24, 2.45) is 4.40 Å². The first-order valence-corrected chi connectivity index (χ1v) is 4.61. The van der Waals surface area contributed by atoms with Gasteiger partial charge in [0, 0.05) is 10.7 Å². The molecule has 0 bridgehead atoms. The van der Waals surface area contributed by atoms with Crippen LogP contribution in [-0.2, 0) is 18.8 Å². The molecular formula is C3HClF3NO5S. The molecule has 11 heteroatoms. The van der Waals surface area contributed by atoms with Crippen molar-refractivity contribution >= 4 is 32.0 Å². The molecule has 0 heterocycles. The minimum Gasteiger partial charge on any atom is -0.475 e. The minimum atomic E-state index is -5.08. The molecule has 0 radical (unpaired) electrons. The maximum absolute atomic E-state index is 10.6. The number of nitrogens with zero attached hydrogens (tertiary/aromatic N) is 1. The highest BCUT2D eigenvalue weighted by Crippen LogP contribution is 2.13. The molecule has 0 rings (SSSR count). The number of isocyanates is 1. The SMILES string of the molecule is O=C(O)C(F)(F)F.O=C=NS(=O)(=O)Cl. The number of aliphatic carboxylic acids is 1. The lowest BCUT2D eigenvalue weighted by Gasteiger charge is -1.93. The van der Waals surface area contributed by atoms with Gasteiger partial charge < -0.3 is 5.11 Å². The van der Waals surface area contributed by atoms with Crippen molar-refractivity contribution in [3.63, 3.8) is 0 Å². The maximum Gasteiger partial charge on any atom is 0.490 e. The van der Waals surface area contributed by atoms with Crippen LogP contribution in [0.15, 0.2) is 4.40 Å². The van der Waals surface area contributed by atoms with Crippen LogP contribution >= 0.6 is 10.7 Å². The number of hydrogen-bond donors (Lipinski definition) is 1. The van der Waals surface area contributed by atoms with Gasteiger partial charge in [-0.3, -0.25) is 0 Å². The summed E-state index contributed by atoms with van der Waals surface area (Å²) in [6, 6.07) is 0. The summed E-state index contributed by atoms with van der Waals surface area (Å²) in [5.74, 6) is -2.76. The van der Waals surface area contributed by atoms with Gasteiger partial charge in [0.1, 0.15) is 0 Å². The third kappa shape index (κ3) is 13.5. The summed E-state index contributed by atoms with van der Waals surface area (Å²) in [6.07, 6.45) is -4.32. The summed E-state index contributed by atoms with van der Waals surface area (Å²) in [6.45, 7) is 0. The summed E-state index contributed by atoms with van der Waals surface area (Å²) in [4.78, 5) is 18.0. The molecule has 82 valence electrons. The number of halogens is 4. The summed E-state index contributed by atoms with van der Waals surface area (Å²) >= 11 is 0. The van der Waals surface area contributed by atoms with Gasteiger partial charge in [0.2, 0.25) is 0 Å². The monoisotopic (exact) mass is 255 g/mol. The number of hydrogen-bond acceptors (Lipinski definition) is 4. The number of carbonyl (C=O) groups excluding carboxylic acids is 1. The molecule has 0 saturated heterocycles. The van der Waals surface area contributed by atoms with E-state index in [1.807, 2.05) is 0 Å². The zero-order valence-electron chi connectivity index (χ0n) is 5.95. The Bertz CT molecular complexity index is 342. The van der Waals surface area contributed by atoms with Gasteiger partial charge in [-0.15, -0.1) is 0 Å². The largest absolute Gasteiger partial charge is 0.490 e. The second-order valence-electron chi connectivity index (χ2n) is 1.40. The Morgan fingerprint density at radius 2 is 1.71 bits per heavy atom. The number of carboxylic acids is 1. The fourth-order valence-corrected chi connectivity index (χ4v) is 0.218. The van der Waals surface area contributed by atoms with Gasteiger partial charge in [0.15, 0.2) is 0 Å². The molecule has 0 unspecified atom stereocenters. The smallest absolute Gasteiger partial charge is 0.475 e. The highest BCUT2D eigenvalue weighted by atomic mass is 35.7. The lowest BCUT2D eigenvalue weighted by Crippen LogP contribution is -2.21. The van der Waals surface area contributed by atoms with E-state index in [2.05, 4.69) is 15.1 Å². The molecule has 0 aromatic rings. The average Bonchev–Trinajstić information content (AvgIpc) is 1.82. The van der Waals surface area contributed by atoms with Crippen LogP contribution in [0.25, 0.3) is 0 Å². The molecule has 0 aliphatic heterocycles. The van der Waals surface area contributed by atoms with E-state index in [1.165, 1.54) is 0 Å². The number of alkyl halides is 3. The average molecular weight is 256 g/mol. The second-order valence-corrected chi connectivity index (χ2v) is 3.57. The van der Waals surface area contributed by atoms with Gasteiger partial charge in [-0.05, 0) is 0 Å². The molecule has 0 spiro atoms. The molecule has 0 aromatic heterocycles. The van der Waals surface area contributed by atoms with Crippen molar-refractivity contribution in [3.8, 4) is 0 Å². The molecule has 0 amide bonds. The van der Waals surface area contributed by atoms with Crippen molar-refractivity contribution in [2.45, 2.75) is 6.18 Å². The van der Waals surface area contributed by atoms with Crippen LogP contribution < -0.4 is 0 Å². The normalized spacial score (nSPS) is 10.6. The molecule has 0 aliphatic rings. The van der Waals surface area contributed by atoms with E-state index in [9.17, 15) is 21.6 Å². The van der Waals surface area contributed by atoms with Gasteiger partial charge in [-0.25, -0.2) is 9.59 Å². The zero-order chi connectivity index (χ0) is 12.0. The highest BCUT2D eigenvalue weighted by molar-refractivity contribution is 8.12. The van der Waals surface area contributed by atoms with Crippen molar-refractivity contribution in [1.29, 1.82) is 0 Å². The van der Waals surface area contributed by atoms with E-state index >= 15 is 0 Å². The van der Waals surface area contributed by atoms with Crippen molar-refractivity contribution in [3.05, 3.63) is 0 Å². The Morgan fingerprint density at radius 3 is 1.71 bits per heavy atom. The predicted octanol–water partition coefficient (Wildman–Crippen LogP) is 0.439. The lowest BCUT2D eigenvalue weighted by molar-refractivity contribution is -0.192. The van der Waals surface area contributed by atoms with Gasteiger partial charge >= 0.3 is 21.4 Å². The van der Waals surface area contributed by atoms with Gasteiger partial charge in [0.25, 0.3) is 6.08 Å². The van der Waals surface area contributed by atoms with Crippen molar-refractivity contribution in [2.75, 3.05) is 0 Å². The molecule has 0 aliphatic carbocycles. The van der Waals surface area contributed by atoms with Crippen LogP contribution in [0.3, 0.4) is 0 Å². The molecule has 6 nitrogen and oxygen atoms in total. The van der Waals surface area contributed by atoms with Crippen LogP contribution in [0.4, 0.5) is 13.2 Å². The standard InChI is InChI=1S/C2HF3O2.CClNO3S/c3-2(4,5)1(6)7;2-7(5,6)3-1-4/h(H,6,7);. The first kappa shape index (κ1) is 15.4. The number of carboxylic acid groups (broad SMARTS) is 1. The maximum atomic E-state index is 10.6. The Morgan fingerprint density at radius 1 is 1.43 bits per heavy atom. The van der Waals surface area contributed by atoms with Gasteiger partial charge in [-0.1, -0.05) is 4.40 Å². The van der Waals surface area contributed by atoms with Crippen LogP contribution in [0, 0.1) is 0 Å². The van der Waals surface area contributed by atoms with E-state index in [4.69, 9.17) is 14.7 Å². The Balaban J connectivity index is 0. The topological polar surface area (TPSA) is 101 Å².